The largest absolute Gasteiger partial charge is 0.341 e. The first-order valence-electron chi connectivity index (χ1n) is 8.99. The molecule has 1 saturated carbocycles. The molecule has 3 N–H and O–H groups in total. The lowest BCUT2D eigenvalue weighted by Gasteiger charge is -2.22. The lowest BCUT2D eigenvalue weighted by molar-refractivity contribution is -0.131. The van der Waals surface area contributed by atoms with Crippen LogP contribution in [0.2, 0.25) is 0 Å². The van der Waals surface area contributed by atoms with Crippen molar-refractivity contribution in [1.82, 2.24) is 9.62 Å². The Morgan fingerprint density at radius 2 is 1.78 bits per heavy atom. The number of likely N-dealkylation sites (tertiary alicyclic amines) is 1. The zero-order valence-corrected chi connectivity index (χ0v) is 14.8. The number of carbonyl (C=O) groups is 1. The molecule has 0 aromatic rings. The van der Waals surface area contributed by atoms with E-state index in [1.165, 1.54) is 6.42 Å². The molecule has 0 bridgehead atoms. The summed E-state index contributed by atoms with van der Waals surface area (Å²) >= 11 is 0. The van der Waals surface area contributed by atoms with E-state index in [2.05, 4.69) is 4.72 Å². The SMILES string of the molecule is N[C@@H](CCCNS(=O)(=O)CC1CCCCC1)C(=O)N1CCCC1. The summed E-state index contributed by atoms with van der Waals surface area (Å²) in [5.74, 6) is 0.555. The average Bonchev–Trinajstić information content (AvgIpc) is 3.05. The highest BCUT2D eigenvalue weighted by Crippen LogP contribution is 2.24. The molecule has 1 amide bonds. The van der Waals surface area contributed by atoms with Crippen LogP contribution in [-0.4, -0.2) is 50.7 Å². The van der Waals surface area contributed by atoms with Crippen molar-refractivity contribution >= 4 is 15.9 Å². The standard InChI is InChI=1S/C16H31N3O3S/c17-15(16(20)19-11-4-5-12-19)9-6-10-18-23(21,22)13-14-7-2-1-3-8-14/h14-15,18H,1-13,17H2/t15-/m0/s1. The summed E-state index contributed by atoms with van der Waals surface area (Å²) < 4.78 is 26.8. The van der Waals surface area contributed by atoms with Gasteiger partial charge in [0.1, 0.15) is 0 Å². The summed E-state index contributed by atoms with van der Waals surface area (Å²) in [4.78, 5) is 13.9. The van der Waals surface area contributed by atoms with Gasteiger partial charge in [-0.1, -0.05) is 19.3 Å². The van der Waals surface area contributed by atoms with Crippen LogP contribution >= 0.6 is 0 Å². The average molecular weight is 346 g/mol. The molecular weight excluding hydrogens is 314 g/mol. The lowest BCUT2D eigenvalue weighted by atomic mass is 9.91. The van der Waals surface area contributed by atoms with E-state index in [9.17, 15) is 13.2 Å². The van der Waals surface area contributed by atoms with Gasteiger partial charge in [0.15, 0.2) is 0 Å². The van der Waals surface area contributed by atoms with Crippen molar-refractivity contribution in [3.63, 3.8) is 0 Å². The predicted molar refractivity (Wildman–Crippen MR) is 91.4 cm³/mol. The van der Waals surface area contributed by atoms with Crippen molar-refractivity contribution < 1.29 is 13.2 Å². The number of sulfonamides is 1. The minimum Gasteiger partial charge on any atom is -0.341 e. The molecule has 1 heterocycles. The Bertz CT molecular complexity index is 469. The molecule has 0 spiro atoms. The van der Waals surface area contributed by atoms with Crippen LogP contribution < -0.4 is 10.5 Å². The highest BCUT2D eigenvalue weighted by atomic mass is 32.2. The fourth-order valence-corrected chi connectivity index (χ4v) is 5.10. The normalized spacial score (nSPS) is 21.5. The maximum absolute atomic E-state index is 12.1. The molecule has 1 saturated heterocycles. The van der Waals surface area contributed by atoms with E-state index >= 15 is 0 Å². The number of nitrogens with zero attached hydrogens (tertiary/aromatic N) is 1. The van der Waals surface area contributed by atoms with Gasteiger partial charge in [-0.05, 0) is 44.4 Å². The van der Waals surface area contributed by atoms with E-state index in [1.54, 1.807) is 0 Å². The van der Waals surface area contributed by atoms with Crippen LogP contribution in [0.25, 0.3) is 0 Å². The Labute approximate surface area is 140 Å². The topological polar surface area (TPSA) is 92.5 Å². The second-order valence-corrected chi connectivity index (χ2v) is 8.81. The van der Waals surface area contributed by atoms with Crippen molar-refractivity contribution in [2.45, 2.75) is 63.8 Å². The van der Waals surface area contributed by atoms with Crippen LogP contribution in [0.5, 0.6) is 0 Å². The van der Waals surface area contributed by atoms with Crippen LogP contribution in [0, 0.1) is 5.92 Å². The summed E-state index contributed by atoms with van der Waals surface area (Å²) in [6.07, 6.45) is 8.81. The lowest BCUT2D eigenvalue weighted by Crippen LogP contribution is -2.42. The third-order valence-electron chi connectivity index (χ3n) is 4.93. The van der Waals surface area contributed by atoms with E-state index in [1.807, 2.05) is 4.90 Å². The van der Waals surface area contributed by atoms with Gasteiger partial charge in [-0.25, -0.2) is 13.1 Å². The smallest absolute Gasteiger partial charge is 0.239 e. The predicted octanol–water partition coefficient (Wildman–Crippen LogP) is 1.22. The quantitative estimate of drug-likeness (QED) is 0.647. The Hall–Kier alpha value is -0.660. The number of nitrogens with one attached hydrogen (secondary N) is 1. The Balaban J connectivity index is 1.62. The number of nitrogens with two attached hydrogens (primary N) is 1. The molecule has 7 heteroatoms. The molecule has 23 heavy (non-hydrogen) atoms. The molecule has 0 aromatic heterocycles. The summed E-state index contributed by atoms with van der Waals surface area (Å²) in [6, 6.07) is -0.504. The van der Waals surface area contributed by atoms with Crippen LogP contribution in [0.4, 0.5) is 0 Å². The molecule has 1 atom stereocenters. The Morgan fingerprint density at radius 1 is 1.13 bits per heavy atom. The van der Waals surface area contributed by atoms with Gasteiger partial charge in [0.25, 0.3) is 0 Å². The number of hydrogen-bond acceptors (Lipinski definition) is 4. The van der Waals surface area contributed by atoms with Gasteiger partial charge in [0.2, 0.25) is 15.9 Å². The van der Waals surface area contributed by atoms with E-state index < -0.39 is 16.1 Å². The third kappa shape index (κ3) is 6.39. The van der Waals surface area contributed by atoms with Gasteiger partial charge < -0.3 is 10.6 Å². The van der Waals surface area contributed by atoms with Crippen molar-refractivity contribution in [2.24, 2.45) is 11.7 Å². The van der Waals surface area contributed by atoms with Crippen LogP contribution in [0.3, 0.4) is 0 Å². The summed E-state index contributed by atoms with van der Waals surface area (Å²) in [5, 5.41) is 0. The zero-order chi connectivity index (χ0) is 16.7. The van der Waals surface area contributed by atoms with Gasteiger partial charge in [-0.15, -0.1) is 0 Å². The molecule has 0 unspecified atom stereocenters. The molecule has 0 aromatic carbocycles. The molecule has 6 nitrogen and oxygen atoms in total. The van der Waals surface area contributed by atoms with Crippen molar-refractivity contribution in [2.75, 3.05) is 25.4 Å². The first-order chi connectivity index (χ1) is 11.0. The van der Waals surface area contributed by atoms with Gasteiger partial charge in [-0.3, -0.25) is 4.79 Å². The third-order valence-corrected chi connectivity index (χ3v) is 6.48. The summed E-state index contributed by atoms with van der Waals surface area (Å²) in [7, 11) is -3.20. The van der Waals surface area contributed by atoms with Gasteiger partial charge >= 0.3 is 0 Å². The van der Waals surface area contributed by atoms with Crippen LogP contribution in [0.1, 0.15) is 57.8 Å². The minimum absolute atomic E-state index is 0.00700. The summed E-state index contributed by atoms with van der Waals surface area (Å²) in [6.45, 7) is 1.98. The van der Waals surface area contributed by atoms with Crippen LogP contribution in [-0.2, 0) is 14.8 Å². The van der Waals surface area contributed by atoms with Crippen molar-refractivity contribution in [3.8, 4) is 0 Å². The molecule has 1 aliphatic heterocycles. The maximum atomic E-state index is 12.1. The number of rotatable bonds is 8. The van der Waals surface area contributed by atoms with Gasteiger partial charge in [0, 0.05) is 19.6 Å². The van der Waals surface area contributed by atoms with E-state index in [-0.39, 0.29) is 11.7 Å². The summed E-state index contributed by atoms with van der Waals surface area (Å²) in [5.41, 5.74) is 5.93. The Kier molecular flexibility index (Phi) is 7.30. The molecule has 0 radical (unpaired) electrons. The maximum Gasteiger partial charge on any atom is 0.239 e. The number of carbonyl (C=O) groups excluding carboxylic acids is 1. The minimum atomic E-state index is -3.20. The molecule has 1 aliphatic carbocycles. The van der Waals surface area contributed by atoms with Gasteiger partial charge in [0.05, 0.1) is 11.8 Å². The molecular formula is C16H31N3O3S. The molecule has 2 aliphatic rings. The van der Waals surface area contributed by atoms with Crippen molar-refractivity contribution in [3.05, 3.63) is 0 Å². The van der Waals surface area contributed by atoms with E-state index in [4.69, 9.17) is 5.73 Å². The van der Waals surface area contributed by atoms with Crippen LogP contribution in [0.15, 0.2) is 0 Å². The van der Waals surface area contributed by atoms with E-state index in [0.29, 0.717) is 25.3 Å². The molecule has 2 fully saturated rings. The second-order valence-electron chi connectivity index (χ2n) is 6.96. The van der Waals surface area contributed by atoms with Crippen molar-refractivity contribution in [1.29, 1.82) is 0 Å². The van der Waals surface area contributed by atoms with Gasteiger partial charge in [-0.2, -0.15) is 0 Å². The first-order valence-corrected chi connectivity index (χ1v) is 10.6. The number of hydrogen-bond donors (Lipinski definition) is 2. The fourth-order valence-electron chi connectivity index (χ4n) is 3.57. The number of amides is 1. The zero-order valence-electron chi connectivity index (χ0n) is 14.0. The Morgan fingerprint density at radius 3 is 2.43 bits per heavy atom. The molecule has 134 valence electrons. The highest BCUT2D eigenvalue weighted by molar-refractivity contribution is 7.89. The fraction of sp³-hybridized carbons (Fsp3) is 0.938. The molecule has 2 rings (SSSR count). The van der Waals surface area contributed by atoms with E-state index in [0.717, 1.165) is 51.6 Å². The first kappa shape index (κ1) is 18.7. The monoisotopic (exact) mass is 345 g/mol. The second kappa shape index (κ2) is 8.99. The highest BCUT2D eigenvalue weighted by Gasteiger charge is 2.24.